The summed E-state index contributed by atoms with van der Waals surface area (Å²) >= 11 is 5.33. The predicted octanol–water partition coefficient (Wildman–Crippen LogP) is 5.62. The molecule has 1 aromatic heterocycles. The Morgan fingerprint density at radius 3 is 2.17 bits per heavy atom. The normalized spacial score (nSPS) is 15.4. The van der Waals surface area contributed by atoms with Crippen molar-refractivity contribution in [2.24, 2.45) is 0 Å². The SMILES string of the molecule is CCOc1ccc(N2C(=O)/C(=C/c3cc(C)n(-c4ccc(C(C)(C)C)cc4)c3C)C(=O)NC2=S)cc1. The Hall–Kier alpha value is -3.71. The van der Waals surface area contributed by atoms with Crippen LogP contribution in [0.2, 0.25) is 0 Å². The molecule has 1 saturated heterocycles. The first-order valence-electron chi connectivity index (χ1n) is 12.0. The van der Waals surface area contributed by atoms with E-state index < -0.39 is 11.8 Å². The highest BCUT2D eigenvalue weighted by Crippen LogP contribution is 2.28. The van der Waals surface area contributed by atoms with Gasteiger partial charge < -0.3 is 9.30 Å². The summed E-state index contributed by atoms with van der Waals surface area (Å²) in [6, 6.07) is 17.5. The highest BCUT2D eigenvalue weighted by molar-refractivity contribution is 7.80. The Morgan fingerprint density at radius 1 is 0.972 bits per heavy atom. The summed E-state index contributed by atoms with van der Waals surface area (Å²) in [4.78, 5) is 27.6. The summed E-state index contributed by atoms with van der Waals surface area (Å²) in [6.45, 7) is 13.0. The number of ether oxygens (including phenoxy) is 1. The zero-order chi connectivity index (χ0) is 26.2. The van der Waals surface area contributed by atoms with E-state index in [4.69, 9.17) is 17.0 Å². The van der Waals surface area contributed by atoms with Crippen LogP contribution in [0.15, 0.2) is 60.2 Å². The lowest BCUT2D eigenvalue weighted by Crippen LogP contribution is -2.54. The van der Waals surface area contributed by atoms with Gasteiger partial charge in [0.2, 0.25) is 0 Å². The smallest absolute Gasteiger partial charge is 0.270 e. The summed E-state index contributed by atoms with van der Waals surface area (Å²) < 4.78 is 7.61. The van der Waals surface area contributed by atoms with Crippen molar-refractivity contribution in [3.63, 3.8) is 0 Å². The largest absolute Gasteiger partial charge is 0.494 e. The van der Waals surface area contributed by atoms with Gasteiger partial charge in [-0.25, -0.2) is 0 Å². The fourth-order valence-electron chi connectivity index (χ4n) is 4.35. The number of carbonyl (C=O) groups is 2. The number of nitrogens with zero attached hydrogens (tertiary/aromatic N) is 2. The second-order valence-electron chi connectivity index (χ2n) is 9.84. The van der Waals surface area contributed by atoms with Crippen molar-refractivity contribution in [1.29, 1.82) is 0 Å². The number of hydrogen-bond donors (Lipinski definition) is 1. The van der Waals surface area contributed by atoms with Crippen LogP contribution in [0.4, 0.5) is 5.69 Å². The molecule has 186 valence electrons. The Kier molecular flexibility index (Phi) is 6.87. The van der Waals surface area contributed by atoms with Gasteiger partial charge in [-0.15, -0.1) is 0 Å². The lowest BCUT2D eigenvalue weighted by atomic mass is 9.87. The lowest BCUT2D eigenvalue weighted by Gasteiger charge is -2.29. The zero-order valence-electron chi connectivity index (χ0n) is 21.5. The minimum absolute atomic E-state index is 0.0285. The fourth-order valence-corrected chi connectivity index (χ4v) is 4.63. The molecule has 3 aromatic rings. The van der Waals surface area contributed by atoms with E-state index in [9.17, 15) is 9.59 Å². The molecule has 7 heteroatoms. The number of rotatable bonds is 5. The molecule has 0 saturated carbocycles. The topological polar surface area (TPSA) is 63.6 Å². The molecule has 4 rings (SSSR count). The second kappa shape index (κ2) is 9.74. The van der Waals surface area contributed by atoms with Crippen LogP contribution in [0, 0.1) is 13.8 Å². The van der Waals surface area contributed by atoms with E-state index in [-0.39, 0.29) is 16.1 Å². The summed E-state index contributed by atoms with van der Waals surface area (Å²) in [7, 11) is 0. The highest BCUT2D eigenvalue weighted by atomic mass is 32.1. The number of amides is 2. The first-order valence-corrected chi connectivity index (χ1v) is 12.4. The van der Waals surface area contributed by atoms with Crippen molar-refractivity contribution < 1.29 is 14.3 Å². The Balaban J connectivity index is 1.69. The molecule has 2 heterocycles. The van der Waals surface area contributed by atoms with Crippen molar-refractivity contribution in [2.45, 2.75) is 47.0 Å². The van der Waals surface area contributed by atoms with E-state index in [1.54, 1.807) is 30.3 Å². The molecule has 1 N–H and O–H groups in total. The number of benzene rings is 2. The van der Waals surface area contributed by atoms with E-state index in [0.29, 0.717) is 18.0 Å². The number of hydrogen-bond acceptors (Lipinski definition) is 4. The van der Waals surface area contributed by atoms with E-state index in [1.165, 1.54) is 10.5 Å². The number of nitrogens with one attached hydrogen (secondary N) is 1. The van der Waals surface area contributed by atoms with E-state index in [2.05, 4.69) is 54.9 Å². The third-order valence-electron chi connectivity index (χ3n) is 6.27. The molecule has 1 fully saturated rings. The van der Waals surface area contributed by atoms with E-state index >= 15 is 0 Å². The molecule has 0 atom stereocenters. The third kappa shape index (κ3) is 4.84. The number of anilines is 1. The van der Waals surface area contributed by atoms with Crippen LogP contribution in [0.1, 0.15) is 50.2 Å². The molecular weight excluding hydrogens is 470 g/mol. The zero-order valence-corrected chi connectivity index (χ0v) is 22.3. The van der Waals surface area contributed by atoms with Crippen LogP contribution in [0.25, 0.3) is 11.8 Å². The van der Waals surface area contributed by atoms with Gasteiger partial charge >= 0.3 is 0 Å². The van der Waals surface area contributed by atoms with Crippen LogP contribution < -0.4 is 15.0 Å². The van der Waals surface area contributed by atoms with Crippen molar-refractivity contribution in [3.8, 4) is 11.4 Å². The fraction of sp³-hybridized carbons (Fsp3) is 0.276. The first kappa shape index (κ1) is 25.4. The monoisotopic (exact) mass is 501 g/mol. The maximum atomic E-state index is 13.4. The number of aryl methyl sites for hydroxylation is 1. The van der Waals surface area contributed by atoms with Crippen LogP contribution >= 0.6 is 12.2 Å². The van der Waals surface area contributed by atoms with Gasteiger partial charge in [0.1, 0.15) is 11.3 Å². The molecule has 2 aromatic carbocycles. The summed E-state index contributed by atoms with van der Waals surface area (Å²) in [5, 5.41) is 2.70. The van der Waals surface area contributed by atoms with Crippen molar-refractivity contribution in [3.05, 3.63) is 82.7 Å². The van der Waals surface area contributed by atoms with Gasteiger partial charge in [0.05, 0.1) is 12.3 Å². The van der Waals surface area contributed by atoms with Crippen molar-refractivity contribution in [1.82, 2.24) is 9.88 Å². The molecule has 1 aliphatic heterocycles. The molecule has 0 unspecified atom stereocenters. The van der Waals surface area contributed by atoms with Gasteiger partial charge in [-0.05, 0) is 98.1 Å². The number of thiocarbonyl (C=S) groups is 1. The highest BCUT2D eigenvalue weighted by Gasteiger charge is 2.34. The average Bonchev–Trinajstić information content (AvgIpc) is 3.10. The molecule has 2 amide bonds. The molecule has 36 heavy (non-hydrogen) atoms. The van der Waals surface area contributed by atoms with Gasteiger partial charge in [-0.1, -0.05) is 32.9 Å². The van der Waals surface area contributed by atoms with Crippen molar-refractivity contribution in [2.75, 3.05) is 11.5 Å². The van der Waals surface area contributed by atoms with Gasteiger partial charge in [-0.2, -0.15) is 0 Å². The number of aromatic nitrogens is 1. The Labute approximate surface area is 217 Å². The molecule has 0 spiro atoms. The van der Waals surface area contributed by atoms with Crippen LogP contribution in [-0.4, -0.2) is 28.1 Å². The van der Waals surface area contributed by atoms with Gasteiger partial charge in [0, 0.05) is 17.1 Å². The second-order valence-corrected chi connectivity index (χ2v) is 10.2. The first-order chi connectivity index (χ1) is 17.0. The quantitative estimate of drug-likeness (QED) is 0.280. The summed E-state index contributed by atoms with van der Waals surface area (Å²) in [6.07, 6.45) is 1.64. The maximum Gasteiger partial charge on any atom is 0.270 e. The van der Waals surface area contributed by atoms with E-state index in [0.717, 1.165) is 22.6 Å². The maximum absolute atomic E-state index is 13.4. The predicted molar refractivity (Wildman–Crippen MR) is 148 cm³/mol. The van der Waals surface area contributed by atoms with E-state index in [1.807, 2.05) is 26.8 Å². The Morgan fingerprint density at radius 2 is 1.58 bits per heavy atom. The standard InChI is InChI=1S/C29H31N3O3S/c1-7-35-24-14-12-23(13-15-24)32-27(34)25(26(33)30-28(32)36)17-20-16-18(2)31(19(20)3)22-10-8-21(9-11-22)29(4,5)6/h8-17H,7H2,1-6H3,(H,30,33,36)/b25-17+. The van der Waals surface area contributed by atoms with Crippen LogP contribution in [-0.2, 0) is 15.0 Å². The minimum Gasteiger partial charge on any atom is -0.494 e. The van der Waals surface area contributed by atoms with Crippen LogP contribution in [0.3, 0.4) is 0 Å². The molecule has 0 radical (unpaired) electrons. The minimum atomic E-state index is -0.508. The Bertz CT molecular complexity index is 1360. The lowest BCUT2D eigenvalue weighted by molar-refractivity contribution is -0.122. The van der Waals surface area contributed by atoms with Gasteiger partial charge in [-0.3, -0.25) is 19.8 Å². The molecule has 0 aliphatic carbocycles. The third-order valence-corrected chi connectivity index (χ3v) is 6.55. The molecule has 0 bridgehead atoms. The van der Waals surface area contributed by atoms with Crippen LogP contribution in [0.5, 0.6) is 5.75 Å². The summed E-state index contributed by atoms with van der Waals surface area (Å²) in [5.41, 5.74) is 5.68. The number of carbonyl (C=O) groups excluding carboxylic acids is 2. The van der Waals surface area contributed by atoms with Crippen molar-refractivity contribution >= 4 is 40.9 Å². The molecule has 1 aliphatic rings. The average molecular weight is 502 g/mol. The molecular formula is C29H31N3O3S. The van der Waals surface area contributed by atoms with Gasteiger partial charge in [0.25, 0.3) is 11.8 Å². The summed E-state index contributed by atoms with van der Waals surface area (Å²) in [5.74, 6) is -0.279. The molecule has 6 nitrogen and oxygen atoms in total. The van der Waals surface area contributed by atoms with Gasteiger partial charge in [0.15, 0.2) is 5.11 Å².